The molecular formula is C7H10KNO2. The molecule has 3 nitrogen and oxygen atoms in total. The second-order valence-electron chi connectivity index (χ2n) is 2.06. The van der Waals surface area contributed by atoms with Crippen LogP contribution in [0, 0.1) is 6.57 Å². The zero-order valence-corrected chi connectivity index (χ0v) is 9.92. The molecule has 0 heterocycles. The number of unbranched alkanes of at least 4 members (excludes halogenated alkanes) is 2. The molecule has 56 valence electrons. The van der Waals surface area contributed by atoms with E-state index in [2.05, 4.69) is 4.85 Å². The van der Waals surface area contributed by atoms with E-state index in [0.717, 1.165) is 12.8 Å². The number of aliphatic carboxylic acids is 1. The van der Waals surface area contributed by atoms with Crippen molar-refractivity contribution in [1.82, 2.24) is 0 Å². The summed E-state index contributed by atoms with van der Waals surface area (Å²) >= 11 is 0. The first-order valence-corrected chi connectivity index (χ1v) is 3.30. The molecule has 0 unspecified atom stereocenters. The summed E-state index contributed by atoms with van der Waals surface area (Å²) in [4.78, 5) is 13.0. The number of carboxylic acid groups (broad SMARTS) is 1. The van der Waals surface area contributed by atoms with Gasteiger partial charge in [-0.3, -0.25) is 0 Å². The third-order valence-corrected chi connectivity index (χ3v) is 1.15. The summed E-state index contributed by atoms with van der Waals surface area (Å²) in [5, 5.41) is 9.86. The Labute approximate surface area is 109 Å². The van der Waals surface area contributed by atoms with E-state index in [1.54, 1.807) is 0 Å². The molecule has 0 radical (unpaired) electrons. The van der Waals surface area contributed by atoms with E-state index in [-0.39, 0.29) is 57.8 Å². The van der Waals surface area contributed by atoms with E-state index >= 15 is 0 Å². The Morgan fingerprint density at radius 2 is 2.00 bits per heavy atom. The summed E-state index contributed by atoms with van der Waals surface area (Å²) in [6.07, 6.45) is 2.38. The average molecular weight is 179 g/mol. The number of carbonyl (C=O) groups is 1. The van der Waals surface area contributed by atoms with Gasteiger partial charge in [0.25, 0.3) is 0 Å². The van der Waals surface area contributed by atoms with Gasteiger partial charge in [-0.25, -0.2) is 6.57 Å². The molecule has 0 saturated heterocycles. The normalized spacial score (nSPS) is 7.91. The van der Waals surface area contributed by atoms with Crippen molar-refractivity contribution >= 4 is 5.97 Å². The van der Waals surface area contributed by atoms with Crippen LogP contribution < -0.4 is 56.5 Å². The topological polar surface area (TPSA) is 44.5 Å². The van der Waals surface area contributed by atoms with E-state index in [4.69, 9.17) is 6.57 Å². The van der Waals surface area contributed by atoms with Crippen molar-refractivity contribution in [1.29, 1.82) is 0 Å². The first-order chi connectivity index (χ1) is 4.77. The van der Waals surface area contributed by atoms with Gasteiger partial charge in [-0.2, -0.15) is 0 Å². The van der Waals surface area contributed by atoms with Crippen LogP contribution in [0.2, 0.25) is 0 Å². The predicted octanol–water partition coefficient (Wildman–Crippen LogP) is -2.78. The Hall–Kier alpha value is 0.596. The largest absolute Gasteiger partial charge is 1.00 e. The molecule has 0 aromatic carbocycles. The average Bonchev–Trinajstić information content (AvgIpc) is 1.87. The maximum Gasteiger partial charge on any atom is 1.00 e. The minimum atomic E-state index is -0.997. The monoisotopic (exact) mass is 179 g/mol. The molecule has 0 aliphatic rings. The fraction of sp³-hybridized carbons (Fsp3) is 0.714. The number of carboxylic acids is 1. The van der Waals surface area contributed by atoms with Crippen LogP contribution in [-0.4, -0.2) is 12.5 Å². The smallest absolute Gasteiger partial charge is 0.550 e. The number of nitrogens with zero attached hydrogens (tertiary/aromatic N) is 1. The van der Waals surface area contributed by atoms with E-state index in [9.17, 15) is 9.90 Å². The van der Waals surface area contributed by atoms with Crippen LogP contribution >= 0.6 is 0 Å². The van der Waals surface area contributed by atoms with Gasteiger partial charge in [0.15, 0.2) is 0 Å². The molecule has 0 N–H and O–H groups in total. The second kappa shape index (κ2) is 10.6. The Balaban J connectivity index is 0. The molecule has 4 heteroatoms. The summed E-state index contributed by atoms with van der Waals surface area (Å²) in [6, 6.07) is 0. The van der Waals surface area contributed by atoms with Gasteiger partial charge in [0.2, 0.25) is 6.54 Å². The zero-order chi connectivity index (χ0) is 7.82. The molecule has 0 amide bonds. The van der Waals surface area contributed by atoms with Gasteiger partial charge in [0, 0.05) is 12.4 Å². The maximum absolute atomic E-state index is 9.86. The second-order valence-corrected chi connectivity index (χ2v) is 2.06. The number of carbonyl (C=O) groups excluding carboxylic acids is 1. The number of hydrogen-bond acceptors (Lipinski definition) is 2. The van der Waals surface area contributed by atoms with E-state index < -0.39 is 5.97 Å². The third kappa shape index (κ3) is 13.6. The van der Waals surface area contributed by atoms with Gasteiger partial charge in [-0.1, -0.05) is 0 Å². The summed E-state index contributed by atoms with van der Waals surface area (Å²) in [6.45, 7) is 6.93. The van der Waals surface area contributed by atoms with Crippen LogP contribution in [0.5, 0.6) is 0 Å². The van der Waals surface area contributed by atoms with Crippen molar-refractivity contribution in [2.24, 2.45) is 0 Å². The van der Waals surface area contributed by atoms with Crippen molar-refractivity contribution < 1.29 is 61.3 Å². The fourth-order valence-electron chi connectivity index (χ4n) is 0.637. The molecule has 0 spiro atoms. The van der Waals surface area contributed by atoms with Crippen molar-refractivity contribution in [2.75, 3.05) is 6.54 Å². The first kappa shape index (κ1) is 14.1. The standard InChI is InChI=1S/C7H11NO2.K/c1-8-6-4-2-3-5-7(9)10;/h2-6H2,(H,9,10);/q;+1/p-1. The fourth-order valence-corrected chi connectivity index (χ4v) is 0.637. The summed E-state index contributed by atoms with van der Waals surface area (Å²) < 4.78 is 0. The molecule has 0 aromatic rings. The van der Waals surface area contributed by atoms with Crippen LogP contribution in [0.3, 0.4) is 0 Å². The molecule has 0 bridgehead atoms. The van der Waals surface area contributed by atoms with E-state index in [0.29, 0.717) is 13.0 Å². The van der Waals surface area contributed by atoms with Gasteiger partial charge in [-0.05, 0) is 19.3 Å². The number of rotatable bonds is 5. The Kier molecular flexibility index (Phi) is 13.6. The van der Waals surface area contributed by atoms with Gasteiger partial charge in [0.05, 0.1) is 0 Å². The van der Waals surface area contributed by atoms with Crippen LogP contribution in [0.15, 0.2) is 0 Å². The van der Waals surface area contributed by atoms with Crippen molar-refractivity contribution in [3.05, 3.63) is 11.4 Å². The van der Waals surface area contributed by atoms with Gasteiger partial charge < -0.3 is 14.7 Å². The molecular weight excluding hydrogens is 169 g/mol. The number of hydrogen-bond donors (Lipinski definition) is 0. The summed E-state index contributed by atoms with van der Waals surface area (Å²) in [7, 11) is 0. The summed E-state index contributed by atoms with van der Waals surface area (Å²) in [5.41, 5.74) is 0. The third-order valence-electron chi connectivity index (χ3n) is 1.15. The Morgan fingerprint density at radius 1 is 1.36 bits per heavy atom. The van der Waals surface area contributed by atoms with Crippen LogP contribution in [0.25, 0.3) is 4.85 Å². The predicted molar refractivity (Wildman–Crippen MR) is 34.9 cm³/mol. The van der Waals surface area contributed by atoms with Gasteiger partial charge in [0.1, 0.15) is 0 Å². The molecule has 0 rings (SSSR count). The van der Waals surface area contributed by atoms with Crippen molar-refractivity contribution in [3.8, 4) is 0 Å². The Bertz CT molecular complexity index is 142. The van der Waals surface area contributed by atoms with Gasteiger partial charge in [-0.15, -0.1) is 0 Å². The zero-order valence-electron chi connectivity index (χ0n) is 6.80. The molecule has 0 aliphatic heterocycles. The first-order valence-electron chi connectivity index (χ1n) is 3.30. The van der Waals surface area contributed by atoms with Crippen molar-refractivity contribution in [2.45, 2.75) is 25.7 Å². The Morgan fingerprint density at radius 3 is 2.45 bits per heavy atom. The molecule has 0 saturated carbocycles. The summed E-state index contributed by atoms with van der Waals surface area (Å²) in [5.74, 6) is -0.997. The van der Waals surface area contributed by atoms with E-state index in [1.807, 2.05) is 0 Å². The maximum atomic E-state index is 9.86. The minimum Gasteiger partial charge on any atom is -0.550 e. The molecule has 11 heavy (non-hydrogen) atoms. The van der Waals surface area contributed by atoms with Crippen LogP contribution in [0.4, 0.5) is 0 Å². The molecule has 0 fully saturated rings. The van der Waals surface area contributed by atoms with Crippen molar-refractivity contribution in [3.63, 3.8) is 0 Å². The van der Waals surface area contributed by atoms with Crippen LogP contribution in [0.1, 0.15) is 25.7 Å². The molecule has 0 atom stereocenters. The molecule has 0 aromatic heterocycles. The molecule has 0 aliphatic carbocycles. The van der Waals surface area contributed by atoms with Gasteiger partial charge >= 0.3 is 51.4 Å². The van der Waals surface area contributed by atoms with Crippen LogP contribution in [-0.2, 0) is 4.79 Å². The van der Waals surface area contributed by atoms with E-state index in [1.165, 1.54) is 0 Å². The quantitative estimate of drug-likeness (QED) is 0.260. The SMILES string of the molecule is [C-]#[N+]CCCCCC(=O)[O-].[K+]. The minimum absolute atomic E-state index is 0.